The van der Waals surface area contributed by atoms with Crippen LogP contribution < -0.4 is 9.64 Å². The molecule has 0 spiro atoms. The Hall–Kier alpha value is -3.85. The quantitative estimate of drug-likeness (QED) is 0.214. The van der Waals surface area contributed by atoms with E-state index in [1.807, 2.05) is 90.7 Å². The maximum atomic E-state index is 14.5. The second kappa shape index (κ2) is 12.1. The summed E-state index contributed by atoms with van der Waals surface area (Å²) in [6.07, 6.45) is 0.828. The number of para-hydroxylation sites is 2. The Bertz CT molecular complexity index is 1620. The lowest BCUT2D eigenvalue weighted by molar-refractivity contribution is 0.0376. The van der Waals surface area contributed by atoms with E-state index >= 15 is 0 Å². The summed E-state index contributed by atoms with van der Waals surface area (Å²) in [5.41, 5.74) is 3.96. The highest BCUT2D eigenvalue weighted by atomic mass is 32.1. The van der Waals surface area contributed by atoms with Crippen LogP contribution in [0.15, 0.2) is 78.9 Å². The molecule has 2 aromatic heterocycles. The molecular formula is C32H32N4O3S. The van der Waals surface area contributed by atoms with Crippen LogP contribution in [0.2, 0.25) is 0 Å². The molecule has 204 valence electrons. The fourth-order valence-corrected chi connectivity index (χ4v) is 6.12. The van der Waals surface area contributed by atoms with Gasteiger partial charge >= 0.3 is 0 Å². The first kappa shape index (κ1) is 26.4. The highest BCUT2D eigenvalue weighted by Gasteiger charge is 2.25. The van der Waals surface area contributed by atoms with Gasteiger partial charge in [0.2, 0.25) is 0 Å². The summed E-state index contributed by atoms with van der Waals surface area (Å²) in [4.78, 5) is 28.6. The molecule has 8 heteroatoms. The van der Waals surface area contributed by atoms with E-state index in [4.69, 9.17) is 19.4 Å². The van der Waals surface area contributed by atoms with Crippen LogP contribution in [0.1, 0.15) is 23.7 Å². The summed E-state index contributed by atoms with van der Waals surface area (Å²) in [5.74, 6) is 0.665. The van der Waals surface area contributed by atoms with Crippen LogP contribution in [0.5, 0.6) is 5.75 Å². The maximum absolute atomic E-state index is 14.5. The number of hydrogen-bond donors (Lipinski definition) is 0. The number of ether oxygens (including phenoxy) is 2. The van der Waals surface area contributed by atoms with E-state index in [1.165, 1.54) is 11.3 Å². The third-order valence-electron chi connectivity index (χ3n) is 7.12. The zero-order valence-corrected chi connectivity index (χ0v) is 23.4. The SMILES string of the molecule is CCOc1cccc2sc(N(CCCN3CCOCC3)C(=O)c3cc(-c4ccccc4)nc4ccccc34)nc12. The standard InChI is InChI=1S/C32H32N4O3S/c1-2-39-28-14-8-15-29-30(28)34-32(40-29)36(17-9-16-35-18-20-38-21-19-35)31(37)25-22-27(23-10-4-3-5-11-23)33-26-13-7-6-12-24(25)26/h3-8,10-15,22H,2,9,16-21H2,1H3. The van der Waals surface area contributed by atoms with Gasteiger partial charge in [-0.25, -0.2) is 9.97 Å². The van der Waals surface area contributed by atoms with Gasteiger partial charge in [-0.1, -0.05) is 65.9 Å². The van der Waals surface area contributed by atoms with Crippen LogP contribution in [0.3, 0.4) is 0 Å². The minimum absolute atomic E-state index is 0.0743. The molecule has 40 heavy (non-hydrogen) atoms. The minimum Gasteiger partial charge on any atom is -0.492 e. The molecule has 1 aliphatic rings. The largest absolute Gasteiger partial charge is 0.492 e. The zero-order valence-electron chi connectivity index (χ0n) is 22.6. The Kier molecular flexibility index (Phi) is 7.99. The van der Waals surface area contributed by atoms with E-state index in [1.54, 1.807) is 0 Å². The van der Waals surface area contributed by atoms with E-state index in [-0.39, 0.29) is 5.91 Å². The number of aromatic nitrogens is 2. The summed E-state index contributed by atoms with van der Waals surface area (Å²) < 4.78 is 12.4. The highest BCUT2D eigenvalue weighted by molar-refractivity contribution is 7.22. The summed E-state index contributed by atoms with van der Waals surface area (Å²) in [7, 11) is 0. The number of fused-ring (bicyclic) bond motifs is 2. The molecule has 3 heterocycles. The van der Waals surface area contributed by atoms with Crippen LogP contribution >= 0.6 is 11.3 Å². The first-order chi connectivity index (χ1) is 19.7. The van der Waals surface area contributed by atoms with E-state index in [0.29, 0.717) is 23.8 Å². The number of nitrogens with zero attached hydrogens (tertiary/aromatic N) is 4. The van der Waals surface area contributed by atoms with Crippen molar-refractivity contribution in [2.75, 3.05) is 50.9 Å². The normalized spacial score (nSPS) is 14.0. The Morgan fingerprint density at radius 2 is 1.80 bits per heavy atom. The van der Waals surface area contributed by atoms with Crippen molar-refractivity contribution in [1.29, 1.82) is 0 Å². The number of benzene rings is 3. The van der Waals surface area contributed by atoms with Crippen molar-refractivity contribution in [2.45, 2.75) is 13.3 Å². The molecule has 1 amide bonds. The molecule has 7 nitrogen and oxygen atoms in total. The van der Waals surface area contributed by atoms with Gasteiger partial charge in [-0.3, -0.25) is 14.6 Å². The number of thiazole rings is 1. The van der Waals surface area contributed by atoms with Gasteiger partial charge in [0.15, 0.2) is 5.13 Å². The summed E-state index contributed by atoms with van der Waals surface area (Å²) in [5, 5.41) is 1.51. The number of pyridine rings is 1. The van der Waals surface area contributed by atoms with Crippen LogP contribution in [0.4, 0.5) is 5.13 Å². The predicted molar refractivity (Wildman–Crippen MR) is 162 cm³/mol. The highest BCUT2D eigenvalue weighted by Crippen LogP contribution is 2.36. The van der Waals surface area contributed by atoms with E-state index < -0.39 is 0 Å². The molecule has 6 rings (SSSR count). The fraction of sp³-hybridized carbons (Fsp3) is 0.281. The number of rotatable bonds is 9. The van der Waals surface area contributed by atoms with Crippen molar-refractivity contribution in [3.05, 3.63) is 84.4 Å². The van der Waals surface area contributed by atoms with Gasteiger partial charge in [-0.05, 0) is 37.6 Å². The first-order valence-corrected chi connectivity index (χ1v) is 14.6. The van der Waals surface area contributed by atoms with Crippen LogP contribution in [-0.2, 0) is 4.74 Å². The first-order valence-electron chi connectivity index (χ1n) is 13.8. The lowest BCUT2D eigenvalue weighted by atomic mass is 10.0. The molecule has 0 atom stereocenters. The molecule has 0 bridgehead atoms. The molecule has 1 fully saturated rings. The maximum Gasteiger partial charge on any atom is 0.260 e. The summed E-state index contributed by atoms with van der Waals surface area (Å²) in [6.45, 7) is 7.32. The lowest BCUT2D eigenvalue weighted by Gasteiger charge is -2.28. The van der Waals surface area contributed by atoms with Crippen LogP contribution in [0.25, 0.3) is 32.4 Å². The minimum atomic E-state index is -0.0743. The molecule has 0 unspecified atom stereocenters. The van der Waals surface area contributed by atoms with Crippen LogP contribution in [0, 0.1) is 0 Å². The summed E-state index contributed by atoms with van der Waals surface area (Å²) >= 11 is 1.53. The van der Waals surface area contributed by atoms with Crippen molar-refractivity contribution in [1.82, 2.24) is 14.9 Å². The molecule has 5 aromatic rings. The molecule has 0 saturated carbocycles. The van der Waals surface area contributed by atoms with Gasteiger partial charge in [0.1, 0.15) is 11.3 Å². The van der Waals surface area contributed by atoms with E-state index in [0.717, 1.165) is 77.4 Å². The Morgan fingerprint density at radius 1 is 1.00 bits per heavy atom. The lowest BCUT2D eigenvalue weighted by Crippen LogP contribution is -2.39. The number of amides is 1. The van der Waals surface area contributed by atoms with Crippen molar-refractivity contribution in [2.24, 2.45) is 0 Å². The fourth-order valence-electron chi connectivity index (χ4n) is 5.11. The molecule has 1 saturated heterocycles. The average Bonchev–Trinajstić information content (AvgIpc) is 3.44. The van der Waals surface area contributed by atoms with Gasteiger partial charge in [0.05, 0.1) is 41.3 Å². The number of carbonyl (C=O) groups is 1. The second-order valence-corrected chi connectivity index (χ2v) is 10.7. The smallest absolute Gasteiger partial charge is 0.260 e. The van der Waals surface area contributed by atoms with Gasteiger partial charge in [-0.15, -0.1) is 0 Å². The van der Waals surface area contributed by atoms with Crippen LogP contribution in [-0.4, -0.2) is 66.8 Å². The van der Waals surface area contributed by atoms with Gasteiger partial charge < -0.3 is 9.47 Å². The molecule has 0 aliphatic carbocycles. The second-order valence-electron chi connectivity index (χ2n) is 9.73. The van der Waals surface area contributed by atoms with Crippen molar-refractivity contribution < 1.29 is 14.3 Å². The third kappa shape index (κ3) is 5.56. The number of morpholine rings is 1. The summed E-state index contributed by atoms with van der Waals surface area (Å²) in [6, 6.07) is 25.7. The Labute approximate surface area is 238 Å². The molecular weight excluding hydrogens is 520 g/mol. The van der Waals surface area contributed by atoms with Gasteiger partial charge in [-0.2, -0.15) is 0 Å². The van der Waals surface area contributed by atoms with E-state index in [9.17, 15) is 4.79 Å². The molecule has 3 aromatic carbocycles. The van der Waals surface area contributed by atoms with E-state index in [2.05, 4.69) is 4.90 Å². The number of hydrogen-bond acceptors (Lipinski definition) is 7. The molecule has 0 N–H and O–H groups in total. The van der Waals surface area contributed by atoms with Gasteiger partial charge in [0, 0.05) is 37.1 Å². The Morgan fingerprint density at radius 3 is 2.62 bits per heavy atom. The zero-order chi connectivity index (χ0) is 27.3. The molecule has 0 radical (unpaired) electrons. The third-order valence-corrected chi connectivity index (χ3v) is 8.17. The van der Waals surface area contributed by atoms with Crippen molar-refractivity contribution in [3.63, 3.8) is 0 Å². The monoisotopic (exact) mass is 552 g/mol. The predicted octanol–water partition coefficient (Wildman–Crippen LogP) is 6.28. The van der Waals surface area contributed by atoms with Crippen molar-refractivity contribution in [3.8, 4) is 17.0 Å². The average molecular weight is 553 g/mol. The molecule has 1 aliphatic heterocycles. The number of carbonyl (C=O) groups excluding carboxylic acids is 1. The van der Waals surface area contributed by atoms with Crippen molar-refractivity contribution >= 4 is 43.5 Å². The topological polar surface area (TPSA) is 67.8 Å². The number of anilines is 1. The van der Waals surface area contributed by atoms with Gasteiger partial charge in [0.25, 0.3) is 5.91 Å². The Balaban J connectivity index is 1.40.